The molecule has 0 radical (unpaired) electrons. The van der Waals surface area contributed by atoms with Crippen LogP contribution in [0, 0.1) is 5.21 Å². The van der Waals surface area contributed by atoms with E-state index < -0.39 is 0 Å². The highest BCUT2D eigenvalue weighted by Gasteiger charge is 2.15. The lowest BCUT2D eigenvalue weighted by molar-refractivity contribution is -0.640. The molecule has 0 spiro atoms. The van der Waals surface area contributed by atoms with Crippen LogP contribution >= 0.6 is 23.4 Å². The fourth-order valence-electron chi connectivity index (χ4n) is 1.56. The summed E-state index contributed by atoms with van der Waals surface area (Å²) in [6, 6.07) is 4.97. The van der Waals surface area contributed by atoms with Crippen molar-refractivity contribution in [3.63, 3.8) is 0 Å². The second-order valence-corrected chi connectivity index (χ2v) is 4.53. The summed E-state index contributed by atoms with van der Waals surface area (Å²) in [6.45, 7) is 0. The van der Waals surface area contributed by atoms with Crippen molar-refractivity contribution in [1.29, 1.82) is 0 Å². The van der Waals surface area contributed by atoms with Gasteiger partial charge in [0.05, 0.1) is 5.10 Å². The Morgan fingerprint density at radius 3 is 3.06 bits per heavy atom. The van der Waals surface area contributed by atoms with Gasteiger partial charge in [0.15, 0.2) is 0 Å². The van der Waals surface area contributed by atoms with Crippen molar-refractivity contribution in [1.82, 2.24) is 19.7 Å². The van der Waals surface area contributed by atoms with Crippen LogP contribution in [0.4, 0.5) is 0 Å². The van der Waals surface area contributed by atoms with Gasteiger partial charge in [-0.1, -0.05) is 23.4 Å². The summed E-state index contributed by atoms with van der Waals surface area (Å²) < 4.78 is 1.53. The molecule has 86 valence electrons. The van der Waals surface area contributed by atoms with Crippen LogP contribution in [0.15, 0.2) is 23.4 Å². The Hall–Kier alpha value is -1.60. The van der Waals surface area contributed by atoms with E-state index in [2.05, 4.69) is 15.2 Å². The van der Waals surface area contributed by atoms with Crippen LogP contribution < -0.4 is 4.85 Å². The summed E-state index contributed by atoms with van der Waals surface area (Å²) in [7, 11) is 0. The predicted molar refractivity (Wildman–Crippen MR) is 64.0 cm³/mol. The van der Waals surface area contributed by atoms with Crippen LogP contribution in [0.3, 0.4) is 0 Å². The van der Waals surface area contributed by atoms with Gasteiger partial charge in [-0.3, -0.25) is 0 Å². The van der Waals surface area contributed by atoms with E-state index >= 15 is 0 Å². The van der Waals surface area contributed by atoms with Gasteiger partial charge in [-0.05, 0) is 23.2 Å². The highest BCUT2D eigenvalue weighted by atomic mass is 35.5. The van der Waals surface area contributed by atoms with Crippen LogP contribution in [-0.2, 0) is 0 Å². The molecule has 0 saturated carbocycles. The van der Waals surface area contributed by atoms with Crippen molar-refractivity contribution in [3.05, 3.63) is 28.4 Å². The average Bonchev–Trinajstić information content (AvgIpc) is 2.72. The van der Waals surface area contributed by atoms with Gasteiger partial charge < -0.3 is 5.21 Å². The van der Waals surface area contributed by atoms with Crippen LogP contribution in [0.2, 0.25) is 5.02 Å². The number of nitrogens with zero attached hydrogens (tertiary/aromatic N) is 5. The lowest BCUT2D eigenvalue weighted by atomic mass is 10.3. The van der Waals surface area contributed by atoms with Crippen molar-refractivity contribution in [2.45, 2.75) is 5.16 Å². The summed E-state index contributed by atoms with van der Waals surface area (Å²) in [5, 5.41) is 20.8. The maximum atomic E-state index is 11.7. The van der Waals surface area contributed by atoms with E-state index in [0.717, 1.165) is 0 Å². The zero-order chi connectivity index (χ0) is 12.0. The minimum atomic E-state index is 0.277. The van der Waals surface area contributed by atoms with Crippen molar-refractivity contribution in [2.75, 3.05) is 6.26 Å². The molecule has 0 bridgehead atoms. The number of hydrogen-bond acceptors (Lipinski definition) is 5. The lowest BCUT2D eigenvalue weighted by Crippen LogP contribution is -2.33. The SMILES string of the molecule is CSc1nc2n[n+]([O-])c3cc(Cl)ccc3n2n1. The quantitative estimate of drug-likeness (QED) is 0.377. The molecule has 0 aliphatic heterocycles. The standard InChI is InChI=1S/C9H6ClN5OS/c1-17-9-11-8-12-15(16)7-4-5(10)2-3-6(7)14(8)13-9/h2-4H,1H3. The number of thioether (sulfide) groups is 1. The molecule has 0 fully saturated rings. The maximum Gasteiger partial charge on any atom is 0.320 e. The van der Waals surface area contributed by atoms with Crippen LogP contribution in [0.5, 0.6) is 0 Å². The van der Waals surface area contributed by atoms with Crippen LogP contribution in [0.1, 0.15) is 0 Å². The third-order valence-corrected chi connectivity index (χ3v) is 3.08. The van der Waals surface area contributed by atoms with Gasteiger partial charge in [-0.15, -0.1) is 5.10 Å². The minimum absolute atomic E-state index is 0.277. The van der Waals surface area contributed by atoms with E-state index in [1.165, 1.54) is 16.3 Å². The van der Waals surface area contributed by atoms with E-state index in [4.69, 9.17) is 11.6 Å². The Balaban J connectivity index is 2.49. The molecule has 0 aliphatic carbocycles. The Bertz CT molecular complexity index is 728. The highest BCUT2D eigenvalue weighted by molar-refractivity contribution is 7.98. The highest BCUT2D eigenvalue weighted by Crippen LogP contribution is 2.17. The van der Waals surface area contributed by atoms with Gasteiger partial charge in [0.25, 0.3) is 5.52 Å². The largest absolute Gasteiger partial charge is 0.594 e. The molecule has 0 atom stereocenters. The van der Waals surface area contributed by atoms with Crippen molar-refractivity contribution >= 4 is 40.2 Å². The zero-order valence-electron chi connectivity index (χ0n) is 8.66. The van der Waals surface area contributed by atoms with Gasteiger partial charge in [0, 0.05) is 11.1 Å². The lowest BCUT2D eigenvalue weighted by Gasteiger charge is -2.00. The number of hydrogen-bond donors (Lipinski definition) is 0. The molecular weight excluding hydrogens is 262 g/mol. The predicted octanol–water partition coefficient (Wildman–Crippen LogP) is 1.29. The second kappa shape index (κ2) is 3.71. The molecule has 3 aromatic rings. The molecule has 0 N–H and O–H groups in total. The molecule has 0 aliphatic rings. The molecule has 3 rings (SSSR count). The fraction of sp³-hybridized carbons (Fsp3) is 0.111. The molecule has 8 heteroatoms. The molecule has 6 nitrogen and oxygen atoms in total. The molecule has 0 unspecified atom stereocenters. The average molecular weight is 268 g/mol. The minimum Gasteiger partial charge on any atom is -0.594 e. The summed E-state index contributed by atoms with van der Waals surface area (Å²) in [4.78, 5) is 4.62. The molecule has 2 heterocycles. The van der Waals surface area contributed by atoms with E-state index in [1.54, 1.807) is 18.2 Å². The first-order chi connectivity index (χ1) is 8.19. The smallest absolute Gasteiger partial charge is 0.320 e. The first-order valence-corrected chi connectivity index (χ1v) is 6.29. The van der Waals surface area contributed by atoms with Gasteiger partial charge in [-0.25, -0.2) is 0 Å². The summed E-state index contributed by atoms with van der Waals surface area (Å²) >= 11 is 7.24. The Morgan fingerprint density at radius 1 is 1.47 bits per heavy atom. The second-order valence-electron chi connectivity index (χ2n) is 3.32. The van der Waals surface area contributed by atoms with Crippen molar-refractivity contribution < 1.29 is 4.85 Å². The first kappa shape index (κ1) is 10.5. The normalized spacial score (nSPS) is 11.4. The van der Waals surface area contributed by atoms with E-state index in [0.29, 0.717) is 26.1 Å². The summed E-state index contributed by atoms with van der Waals surface area (Å²) in [6.07, 6.45) is 1.86. The van der Waals surface area contributed by atoms with Crippen LogP contribution in [0.25, 0.3) is 16.8 Å². The van der Waals surface area contributed by atoms with E-state index in [1.807, 2.05) is 6.26 Å². The van der Waals surface area contributed by atoms with Gasteiger partial charge in [0.2, 0.25) is 5.16 Å². The van der Waals surface area contributed by atoms with Crippen LogP contribution in [-0.4, -0.2) is 26.0 Å². The van der Waals surface area contributed by atoms with Crippen molar-refractivity contribution in [2.24, 2.45) is 0 Å². The molecule has 0 saturated heterocycles. The number of halogens is 1. The molecule has 1 aromatic carbocycles. The van der Waals surface area contributed by atoms with Gasteiger partial charge in [-0.2, -0.15) is 9.50 Å². The maximum absolute atomic E-state index is 11.7. The Labute approximate surface area is 105 Å². The Morgan fingerprint density at radius 2 is 2.29 bits per heavy atom. The Kier molecular flexibility index (Phi) is 2.30. The van der Waals surface area contributed by atoms with E-state index in [9.17, 15) is 5.21 Å². The molecular formula is C9H6ClN5OS. The third-order valence-electron chi connectivity index (χ3n) is 2.31. The van der Waals surface area contributed by atoms with E-state index in [-0.39, 0.29) is 5.78 Å². The molecule has 0 amide bonds. The monoisotopic (exact) mass is 267 g/mol. The van der Waals surface area contributed by atoms with Gasteiger partial charge in [0.1, 0.15) is 5.52 Å². The fourth-order valence-corrected chi connectivity index (χ4v) is 2.06. The summed E-state index contributed by atoms with van der Waals surface area (Å²) in [5.74, 6) is 0.277. The molecule has 2 aromatic heterocycles. The van der Waals surface area contributed by atoms with Gasteiger partial charge >= 0.3 is 5.78 Å². The number of rotatable bonds is 1. The number of benzene rings is 1. The topological polar surface area (TPSA) is 70.0 Å². The number of fused-ring (bicyclic) bond motifs is 3. The zero-order valence-corrected chi connectivity index (χ0v) is 10.2. The third kappa shape index (κ3) is 1.58. The molecule has 17 heavy (non-hydrogen) atoms. The van der Waals surface area contributed by atoms with Crippen molar-refractivity contribution in [3.8, 4) is 0 Å². The first-order valence-electron chi connectivity index (χ1n) is 4.69. The summed E-state index contributed by atoms with van der Waals surface area (Å²) in [5.41, 5.74) is 0.991. The number of aromatic nitrogens is 5.